The average molecular weight is 423 g/mol. The fourth-order valence-electron chi connectivity index (χ4n) is 5.48. The first kappa shape index (κ1) is 22.2. The zero-order valence-corrected chi connectivity index (χ0v) is 19.6. The molecule has 2 aliphatic heterocycles. The van der Waals surface area contributed by atoms with Crippen molar-refractivity contribution in [3.05, 3.63) is 48.0 Å². The van der Waals surface area contributed by atoms with E-state index in [1.54, 1.807) is 0 Å². The van der Waals surface area contributed by atoms with Gasteiger partial charge in [-0.05, 0) is 77.5 Å². The molecule has 0 unspecified atom stereocenters. The Morgan fingerprint density at radius 3 is 2.10 bits per heavy atom. The van der Waals surface area contributed by atoms with Crippen LogP contribution in [0.4, 0.5) is 5.95 Å². The molecule has 6 nitrogen and oxygen atoms in total. The van der Waals surface area contributed by atoms with E-state index < -0.39 is 0 Å². The number of nitrogens with zero attached hydrogens (tertiary/aromatic N) is 5. The van der Waals surface area contributed by atoms with Gasteiger partial charge in [0.1, 0.15) is 0 Å². The number of pyridine rings is 1. The highest BCUT2D eigenvalue weighted by Gasteiger charge is 2.39. The lowest BCUT2D eigenvalue weighted by molar-refractivity contribution is 0.0562. The number of hydrogen-bond donors (Lipinski definition) is 1. The number of anilines is 1. The first-order valence-corrected chi connectivity index (χ1v) is 11.8. The molecular weight excluding hydrogens is 384 g/mol. The van der Waals surface area contributed by atoms with Crippen molar-refractivity contribution in [2.45, 2.75) is 90.0 Å². The summed E-state index contributed by atoms with van der Waals surface area (Å²) in [6, 6.07) is 4.74. The van der Waals surface area contributed by atoms with Crippen LogP contribution < -0.4 is 10.2 Å². The molecule has 4 rings (SSSR count). The van der Waals surface area contributed by atoms with Crippen molar-refractivity contribution in [2.75, 3.05) is 18.0 Å². The lowest BCUT2D eigenvalue weighted by Gasteiger charge is -2.49. The fraction of sp³-hybridized carbons (Fsp3) is 0.640. The number of rotatable bonds is 6. The first-order valence-electron chi connectivity index (χ1n) is 11.8. The molecule has 0 atom stereocenters. The molecule has 0 radical (unpaired) electrons. The minimum absolute atomic E-state index is 0.109. The fourth-order valence-corrected chi connectivity index (χ4v) is 5.48. The van der Waals surface area contributed by atoms with Gasteiger partial charge in [0, 0.05) is 73.6 Å². The molecule has 2 aliphatic rings. The summed E-state index contributed by atoms with van der Waals surface area (Å²) in [4.78, 5) is 18.6. The molecule has 6 heteroatoms. The van der Waals surface area contributed by atoms with E-state index in [-0.39, 0.29) is 11.1 Å². The molecule has 4 heterocycles. The summed E-state index contributed by atoms with van der Waals surface area (Å²) >= 11 is 0. The summed E-state index contributed by atoms with van der Waals surface area (Å²) < 4.78 is 0. The molecule has 2 aromatic heterocycles. The van der Waals surface area contributed by atoms with Crippen LogP contribution >= 0.6 is 0 Å². The van der Waals surface area contributed by atoms with Gasteiger partial charge in [0.2, 0.25) is 5.95 Å². The maximum absolute atomic E-state index is 4.73. The number of piperidine rings is 2. The normalized spacial score (nSPS) is 21.4. The van der Waals surface area contributed by atoms with E-state index in [2.05, 4.69) is 59.9 Å². The van der Waals surface area contributed by atoms with E-state index in [0.29, 0.717) is 6.04 Å². The van der Waals surface area contributed by atoms with Crippen LogP contribution in [0.1, 0.15) is 70.9 Å². The van der Waals surface area contributed by atoms with E-state index in [1.165, 1.54) is 30.4 Å². The highest BCUT2D eigenvalue weighted by molar-refractivity contribution is 5.30. The molecule has 2 saturated heterocycles. The average Bonchev–Trinajstić information content (AvgIpc) is 2.73. The lowest BCUT2D eigenvalue weighted by atomic mass is 9.79. The Kier molecular flexibility index (Phi) is 6.58. The standard InChI is InChI=1S/C25H38N6/c1-24(2)14-22(15-25(3,4)29-24)31(18-20-8-10-26-11-9-20)19-21-16-27-23(28-17-21)30-12-6-5-7-13-30/h8-11,16-17,22,29H,5-7,12-15,18-19H2,1-4H3. The molecule has 0 aromatic carbocycles. The Bertz CT molecular complexity index is 811. The van der Waals surface area contributed by atoms with Gasteiger partial charge in [-0.1, -0.05) is 0 Å². The SMILES string of the molecule is CC1(C)CC(N(Cc2ccncc2)Cc2cnc(N3CCCCC3)nc2)CC(C)(C)N1. The van der Waals surface area contributed by atoms with Crippen LogP contribution in [-0.2, 0) is 13.1 Å². The van der Waals surface area contributed by atoms with E-state index in [4.69, 9.17) is 9.97 Å². The third kappa shape index (κ3) is 6.01. The second-order valence-corrected chi connectivity index (χ2v) is 10.7. The van der Waals surface area contributed by atoms with Gasteiger partial charge < -0.3 is 10.2 Å². The zero-order valence-electron chi connectivity index (χ0n) is 19.6. The van der Waals surface area contributed by atoms with Gasteiger partial charge in [-0.2, -0.15) is 0 Å². The quantitative estimate of drug-likeness (QED) is 0.754. The third-order valence-electron chi connectivity index (χ3n) is 6.54. The van der Waals surface area contributed by atoms with E-state index in [1.807, 2.05) is 24.8 Å². The van der Waals surface area contributed by atoms with Crippen molar-refractivity contribution in [1.29, 1.82) is 0 Å². The summed E-state index contributed by atoms with van der Waals surface area (Å²) in [5.74, 6) is 0.883. The van der Waals surface area contributed by atoms with Crippen LogP contribution in [0.15, 0.2) is 36.9 Å². The molecule has 0 amide bonds. The van der Waals surface area contributed by atoms with Crippen LogP contribution in [-0.4, -0.2) is 50.1 Å². The summed E-state index contributed by atoms with van der Waals surface area (Å²) in [6.07, 6.45) is 13.9. The molecule has 1 N–H and O–H groups in total. The highest BCUT2D eigenvalue weighted by Crippen LogP contribution is 2.33. The number of hydrogen-bond acceptors (Lipinski definition) is 6. The van der Waals surface area contributed by atoms with E-state index >= 15 is 0 Å². The maximum atomic E-state index is 4.73. The molecule has 0 bridgehead atoms. The predicted octanol–water partition coefficient (Wildman–Crippen LogP) is 4.17. The topological polar surface area (TPSA) is 57.2 Å². The minimum Gasteiger partial charge on any atom is -0.341 e. The number of aromatic nitrogens is 3. The highest BCUT2D eigenvalue weighted by atomic mass is 15.3. The van der Waals surface area contributed by atoms with Gasteiger partial charge in [-0.15, -0.1) is 0 Å². The Hall–Kier alpha value is -2.05. The van der Waals surface area contributed by atoms with Gasteiger partial charge in [-0.3, -0.25) is 9.88 Å². The smallest absolute Gasteiger partial charge is 0.225 e. The Morgan fingerprint density at radius 1 is 0.903 bits per heavy atom. The van der Waals surface area contributed by atoms with Gasteiger partial charge in [0.05, 0.1) is 0 Å². The molecule has 0 aliphatic carbocycles. The van der Waals surface area contributed by atoms with Crippen molar-refractivity contribution in [1.82, 2.24) is 25.2 Å². The first-order chi connectivity index (χ1) is 14.8. The summed E-state index contributed by atoms with van der Waals surface area (Å²) in [6.45, 7) is 13.2. The van der Waals surface area contributed by atoms with E-state index in [0.717, 1.165) is 45.0 Å². The molecule has 2 aromatic rings. The molecule has 2 fully saturated rings. The molecule has 31 heavy (non-hydrogen) atoms. The molecule has 168 valence electrons. The Morgan fingerprint density at radius 2 is 1.48 bits per heavy atom. The van der Waals surface area contributed by atoms with Crippen molar-refractivity contribution >= 4 is 5.95 Å². The predicted molar refractivity (Wildman–Crippen MR) is 126 cm³/mol. The van der Waals surface area contributed by atoms with E-state index in [9.17, 15) is 0 Å². The molecule has 0 saturated carbocycles. The number of nitrogens with one attached hydrogen (secondary N) is 1. The van der Waals surface area contributed by atoms with Crippen molar-refractivity contribution in [3.8, 4) is 0 Å². The summed E-state index contributed by atoms with van der Waals surface area (Å²) in [5.41, 5.74) is 2.70. The summed E-state index contributed by atoms with van der Waals surface area (Å²) in [7, 11) is 0. The lowest BCUT2D eigenvalue weighted by Crippen LogP contribution is -2.62. The minimum atomic E-state index is 0.109. The van der Waals surface area contributed by atoms with Gasteiger partial charge in [0.25, 0.3) is 0 Å². The van der Waals surface area contributed by atoms with Crippen molar-refractivity contribution in [2.24, 2.45) is 0 Å². The van der Waals surface area contributed by atoms with Crippen LogP contribution in [0.2, 0.25) is 0 Å². The maximum Gasteiger partial charge on any atom is 0.225 e. The van der Waals surface area contributed by atoms with Crippen LogP contribution in [0, 0.1) is 0 Å². The third-order valence-corrected chi connectivity index (χ3v) is 6.54. The monoisotopic (exact) mass is 422 g/mol. The molecular formula is C25H38N6. The van der Waals surface area contributed by atoms with Gasteiger partial charge in [0.15, 0.2) is 0 Å². The van der Waals surface area contributed by atoms with Gasteiger partial charge >= 0.3 is 0 Å². The second kappa shape index (κ2) is 9.21. The van der Waals surface area contributed by atoms with Crippen LogP contribution in [0.5, 0.6) is 0 Å². The molecule has 0 spiro atoms. The largest absolute Gasteiger partial charge is 0.341 e. The van der Waals surface area contributed by atoms with Gasteiger partial charge in [-0.25, -0.2) is 9.97 Å². The van der Waals surface area contributed by atoms with Crippen LogP contribution in [0.3, 0.4) is 0 Å². The summed E-state index contributed by atoms with van der Waals surface area (Å²) in [5, 5.41) is 3.82. The van der Waals surface area contributed by atoms with Crippen molar-refractivity contribution in [3.63, 3.8) is 0 Å². The Labute approximate surface area is 187 Å². The Balaban J connectivity index is 1.53. The second-order valence-electron chi connectivity index (χ2n) is 10.7. The van der Waals surface area contributed by atoms with Crippen LogP contribution in [0.25, 0.3) is 0 Å². The zero-order chi connectivity index (χ0) is 21.9. The van der Waals surface area contributed by atoms with Crippen molar-refractivity contribution < 1.29 is 0 Å².